The minimum Gasteiger partial charge on any atom is -0.317 e. The van der Waals surface area contributed by atoms with Crippen LogP contribution in [0.2, 0.25) is 0 Å². The first kappa shape index (κ1) is 13.2. The molecule has 0 radical (unpaired) electrons. The van der Waals surface area contributed by atoms with E-state index in [9.17, 15) is 13.2 Å². The van der Waals surface area contributed by atoms with Crippen molar-refractivity contribution in [3.63, 3.8) is 0 Å². The molecule has 15 heavy (non-hydrogen) atoms. The van der Waals surface area contributed by atoms with Gasteiger partial charge >= 0.3 is 5.51 Å². The molecule has 1 aliphatic rings. The van der Waals surface area contributed by atoms with Gasteiger partial charge in [0.2, 0.25) is 0 Å². The lowest BCUT2D eigenvalue weighted by molar-refractivity contribution is -0.0328. The van der Waals surface area contributed by atoms with Crippen LogP contribution in [0, 0.1) is 11.8 Å². The van der Waals surface area contributed by atoms with Gasteiger partial charge < -0.3 is 5.32 Å². The van der Waals surface area contributed by atoms with Crippen molar-refractivity contribution < 1.29 is 13.2 Å². The summed E-state index contributed by atoms with van der Waals surface area (Å²) < 4.78 is 35.8. The van der Waals surface area contributed by atoms with Crippen LogP contribution in [0.4, 0.5) is 13.2 Å². The average Bonchev–Trinajstić information content (AvgIpc) is 2.46. The van der Waals surface area contributed by atoms with Crippen molar-refractivity contribution in [3.8, 4) is 0 Å². The molecular formula is C10H18F3NS. The SMILES string of the molecule is CNC1CCC(CCSC(F)(F)F)C1C. The molecule has 0 heterocycles. The van der Waals surface area contributed by atoms with E-state index < -0.39 is 5.51 Å². The van der Waals surface area contributed by atoms with Crippen LogP contribution in [-0.2, 0) is 0 Å². The van der Waals surface area contributed by atoms with E-state index in [1.165, 1.54) is 0 Å². The lowest BCUT2D eigenvalue weighted by atomic mass is 9.93. The number of thioether (sulfide) groups is 1. The van der Waals surface area contributed by atoms with Crippen LogP contribution in [-0.4, -0.2) is 24.4 Å². The van der Waals surface area contributed by atoms with E-state index in [-0.39, 0.29) is 17.5 Å². The zero-order valence-corrected chi connectivity index (χ0v) is 9.92. The summed E-state index contributed by atoms with van der Waals surface area (Å²) >= 11 is 0.111. The molecule has 0 aromatic rings. The maximum Gasteiger partial charge on any atom is 0.441 e. The van der Waals surface area contributed by atoms with Crippen molar-refractivity contribution >= 4 is 11.8 Å². The van der Waals surface area contributed by atoms with Crippen molar-refractivity contribution in [2.24, 2.45) is 11.8 Å². The quantitative estimate of drug-likeness (QED) is 0.810. The standard InChI is InChI=1S/C10H18F3NS/c1-7-8(3-4-9(7)14-2)5-6-15-10(11,12)13/h7-9,14H,3-6H2,1-2H3. The van der Waals surface area contributed by atoms with Crippen LogP contribution in [0.15, 0.2) is 0 Å². The molecule has 0 aromatic carbocycles. The van der Waals surface area contributed by atoms with Gasteiger partial charge in [-0.3, -0.25) is 0 Å². The summed E-state index contributed by atoms with van der Waals surface area (Å²) in [7, 11) is 1.92. The Morgan fingerprint density at radius 1 is 1.33 bits per heavy atom. The smallest absolute Gasteiger partial charge is 0.317 e. The fourth-order valence-corrected chi connectivity index (χ4v) is 3.04. The van der Waals surface area contributed by atoms with Crippen LogP contribution in [0.3, 0.4) is 0 Å². The van der Waals surface area contributed by atoms with Crippen LogP contribution in [0.1, 0.15) is 26.2 Å². The molecule has 1 fully saturated rings. The molecule has 1 rings (SSSR count). The summed E-state index contributed by atoms with van der Waals surface area (Å²) in [6.07, 6.45) is 2.84. The van der Waals surface area contributed by atoms with Gasteiger partial charge in [0.15, 0.2) is 0 Å². The highest BCUT2D eigenvalue weighted by Gasteiger charge is 2.33. The van der Waals surface area contributed by atoms with E-state index in [2.05, 4.69) is 12.2 Å². The molecule has 5 heteroatoms. The fraction of sp³-hybridized carbons (Fsp3) is 1.00. The number of alkyl halides is 3. The number of nitrogens with one attached hydrogen (secondary N) is 1. The first-order valence-corrected chi connectivity index (χ1v) is 6.30. The maximum atomic E-state index is 11.9. The topological polar surface area (TPSA) is 12.0 Å². The molecular weight excluding hydrogens is 223 g/mol. The molecule has 90 valence electrons. The van der Waals surface area contributed by atoms with Gasteiger partial charge in [-0.1, -0.05) is 18.7 Å². The Balaban J connectivity index is 2.23. The van der Waals surface area contributed by atoms with Crippen LogP contribution in [0.5, 0.6) is 0 Å². The Morgan fingerprint density at radius 2 is 2.00 bits per heavy atom. The predicted octanol–water partition coefficient (Wildman–Crippen LogP) is 3.26. The van der Waals surface area contributed by atoms with Gasteiger partial charge in [-0.15, -0.1) is 0 Å². The van der Waals surface area contributed by atoms with E-state index >= 15 is 0 Å². The first-order valence-electron chi connectivity index (χ1n) is 5.32. The summed E-state index contributed by atoms with van der Waals surface area (Å²) in [6, 6.07) is 0.492. The van der Waals surface area contributed by atoms with Gasteiger partial charge in [-0.25, -0.2) is 0 Å². The molecule has 3 atom stereocenters. The highest BCUT2D eigenvalue weighted by Crippen LogP contribution is 2.37. The van der Waals surface area contributed by atoms with E-state index in [0.717, 1.165) is 12.8 Å². The highest BCUT2D eigenvalue weighted by molar-refractivity contribution is 8.00. The van der Waals surface area contributed by atoms with Crippen LogP contribution >= 0.6 is 11.8 Å². The second-order valence-electron chi connectivity index (χ2n) is 4.17. The Morgan fingerprint density at radius 3 is 2.47 bits per heavy atom. The molecule has 3 unspecified atom stereocenters. The van der Waals surface area contributed by atoms with Gasteiger partial charge in [-0.05, 0) is 38.1 Å². The Hall–Kier alpha value is 0.100. The van der Waals surface area contributed by atoms with E-state index in [4.69, 9.17) is 0 Å². The molecule has 1 N–H and O–H groups in total. The van der Waals surface area contributed by atoms with Crippen molar-refractivity contribution in [2.75, 3.05) is 12.8 Å². The zero-order chi connectivity index (χ0) is 11.5. The number of hydrogen-bond acceptors (Lipinski definition) is 2. The van der Waals surface area contributed by atoms with Gasteiger partial charge in [-0.2, -0.15) is 13.2 Å². The summed E-state index contributed by atoms with van der Waals surface area (Å²) in [5, 5.41) is 3.22. The predicted molar refractivity (Wildman–Crippen MR) is 57.9 cm³/mol. The molecule has 0 bridgehead atoms. The average molecular weight is 241 g/mol. The minimum atomic E-state index is -4.07. The second-order valence-corrected chi connectivity index (χ2v) is 5.33. The van der Waals surface area contributed by atoms with Crippen LogP contribution in [0.25, 0.3) is 0 Å². The molecule has 0 amide bonds. The van der Waals surface area contributed by atoms with Gasteiger partial charge in [0.25, 0.3) is 0 Å². The van der Waals surface area contributed by atoms with E-state index in [1.807, 2.05) is 7.05 Å². The Labute approximate surface area is 93.2 Å². The van der Waals surface area contributed by atoms with E-state index in [0.29, 0.717) is 24.3 Å². The normalized spacial score (nSPS) is 32.2. The third-order valence-corrected chi connectivity index (χ3v) is 4.12. The van der Waals surface area contributed by atoms with Crippen molar-refractivity contribution in [3.05, 3.63) is 0 Å². The van der Waals surface area contributed by atoms with E-state index in [1.54, 1.807) is 0 Å². The van der Waals surface area contributed by atoms with Crippen LogP contribution < -0.4 is 5.32 Å². The summed E-state index contributed by atoms with van der Waals surface area (Å²) in [6.45, 7) is 2.14. The third-order valence-electron chi connectivity index (χ3n) is 3.35. The number of halogens is 3. The highest BCUT2D eigenvalue weighted by atomic mass is 32.2. The molecule has 0 spiro atoms. The van der Waals surface area contributed by atoms with Crippen molar-refractivity contribution in [1.29, 1.82) is 0 Å². The largest absolute Gasteiger partial charge is 0.441 e. The lowest BCUT2D eigenvalue weighted by Gasteiger charge is -2.20. The minimum absolute atomic E-state index is 0.111. The molecule has 1 nitrogen and oxygen atoms in total. The second kappa shape index (κ2) is 5.43. The molecule has 1 aliphatic carbocycles. The van der Waals surface area contributed by atoms with Gasteiger partial charge in [0, 0.05) is 11.8 Å². The summed E-state index contributed by atoms with van der Waals surface area (Å²) in [4.78, 5) is 0. The first-order chi connectivity index (χ1) is 6.94. The number of rotatable bonds is 4. The maximum absolute atomic E-state index is 11.9. The zero-order valence-electron chi connectivity index (χ0n) is 9.10. The fourth-order valence-electron chi connectivity index (χ4n) is 2.39. The monoisotopic (exact) mass is 241 g/mol. The van der Waals surface area contributed by atoms with Crippen molar-refractivity contribution in [2.45, 2.75) is 37.7 Å². The molecule has 1 saturated carbocycles. The Bertz CT molecular complexity index is 196. The Kier molecular flexibility index (Phi) is 4.77. The molecule has 0 aliphatic heterocycles. The number of hydrogen-bond donors (Lipinski definition) is 1. The summed E-state index contributed by atoms with van der Waals surface area (Å²) in [5.41, 5.74) is -4.07. The molecule has 0 saturated heterocycles. The van der Waals surface area contributed by atoms with Crippen molar-refractivity contribution in [1.82, 2.24) is 5.32 Å². The lowest BCUT2D eigenvalue weighted by Crippen LogP contribution is -2.29. The van der Waals surface area contributed by atoms with Gasteiger partial charge in [0.1, 0.15) is 0 Å². The molecule has 0 aromatic heterocycles. The summed E-state index contributed by atoms with van der Waals surface area (Å²) in [5.74, 6) is 1.16. The third kappa shape index (κ3) is 4.23. The van der Waals surface area contributed by atoms with Gasteiger partial charge in [0.05, 0.1) is 0 Å².